The quantitative estimate of drug-likeness (QED) is 0.869. The van der Waals surface area contributed by atoms with Crippen molar-refractivity contribution in [3.05, 3.63) is 47.3 Å². The maximum atomic E-state index is 12.9. The Bertz CT molecular complexity index is 732. The van der Waals surface area contributed by atoms with Gasteiger partial charge in [-0.3, -0.25) is 4.79 Å². The molecule has 0 saturated carbocycles. The fourth-order valence-electron chi connectivity index (χ4n) is 3.75. The molecule has 2 aromatic rings. The van der Waals surface area contributed by atoms with E-state index in [2.05, 4.69) is 14.8 Å². The molecular weight excluding hydrogens is 307 g/mol. The molecule has 3 heterocycles. The summed E-state index contributed by atoms with van der Waals surface area (Å²) in [7, 11) is 0. The minimum absolute atomic E-state index is 0.117. The summed E-state index contributed by atoms with van der Waals surface area (Å²) in [5, 5.41) is 8.67. The molecule has 0 aliphatic carbocycles. The summed E-state index contributed by atoms with van der Waals surface area (Å²) in [6.45, 7) is 2.54. The van der Waals surface area contributed by atoms with Gasteiger partial charge in [-0.05, 0) is 37.0 Å². The lowest BCUT2D eigenvalue weighted by atomic mass is 9.95. The monoisotopic (exact) mass is 328 g/mol. The van der Waals surface area contributed by atoms with E-state index in [4.69, 9.17) is 0 Å². The molecule has 1 fully saturated rings. The molecule has 0 atom stereocenters. The molecule has 4 rings (SSSR count). The van der Waals surface area contributed by atoms with Crippen LogP contribution in [0.1, 0.15) is 42.4 Å². The molecule has 1 aromatic carbocycles. The van der Waals surface area contributed by atoms with Crippen molar-refractivity contribution in [3.63, 3.8) is 0 Å². The third-order valence-electron chi connectivity index (χ3n) is 5.12. The molecule has 0 bridgehead atoms. The number of likely N-dealkylation sites (tertiary alicyclic amines) is 1. The number of carbonyl (C=O) groups excluding carboxylic acids is 1. The molecule has 1 aromatic heterocycles. The predicted octanol–water partition coefficient (Wildman–Crippen LogP) is 2.31. The summed E-state index contributed by atoms with van der Waals surface area (Å²) < 4.78 is 15.2. The van der Waals surface area contributed by atoms with E-state index in [1.54, 1.807) is 12.1 Å². The Morgan fingerprint density at radius 3 is 2.62 bits per heavy atom. The van der Waals surface area contributed by atoms with Crippen LogP contribution < -0.4 is 0 Å². The number of halogens is 1. The third kappa shape index (κ3) is 2.92. The summed E-state index contributed by atoms with van der Waals surface area (Å²) in [5.41, 5.74) is 0.860. The molecule has 24 heavy (non-hydrogen) atoms. The van der Waals surface area contributed by atoms with Gasteiger partial charge in [-0.1, -0.05) is 12.1 Å². The van der Waals surface area contributed by atoms with E-state index in [1.165, 1.54) is 12.1 Å². The number of rotatable bonds is 3. The van der Waals surface area contributed by atoms with Crippen molar-refractivity contribution in [2.45, 2.75) is 44.6 Å². The van der Waals surface area contributed by atoms with Gasteiger partial charge in [0.05, 0.1) is 6.42 Å². The number of carbonyl (C=O) groups is 1. The van der Waals surface area contributed by atoms with Gasteiger partial charge in [0.25, 0.3) is 0 Å². The highest BCUT2D eigenvalue weighted by atomic mass is 19.1. The lowest BCUT2D eigenvalue weighted by molar-refractivity contribution is -0.131. The van der Waals surface area contributed by atoms with Crippen LogP contribution in [-0.4, -0.2) is 38.7 Å². The second-order valence-electron chi connectivity index (χ2n) is 6.69. The zero-order valence-corrected chi connectivity index (χ0v) is 13.6. The number of hydrogen-bond acceptors (Lipinski definition) is 3. The van der Waals surface area contributed by atoms with Crippen molar-refractivity contribution in [2.24, 2.45) is 0 Å². The first-order valence-corrected chi connectivity index (χ1v) is 8.65. The van der Waals surface area contributed by atoms with Crippen LogP contribution in [0.15, 0.2) is 24.3 Å². The van der Waals surface area contributed by atoms with Gasteiger partial charge in [0.1, 0.15) is 17.5 Å². The van der Waals surface area contributed by atoms with E-state index in [0.717, 1.165) is 62.5 Å². The number of fused-ring (bicyclic) bond motifs is 1. The average molecular weight is 328 g/mol. The predicted molar refractivity (Wildman–Crippen MR) is 87.0 cm³/mol. The van der Waals surface area contributed by atoms with Gasteiger partial charge in [-0.2, -0.15) is 0 Å². The molecule has 2 aliphatic rings. The molecule has 0 N–H and O–H groups in total. The first kappa shape index (κ1) is 15.3. The molecule has 1 amide bonds. The van der Waals surface area contributed by atoms with Crippen LogP contribution in [0, 0.1) is 5.82 Å². The molecule has 0 radical (unpaired) electrons. The first-order chi connectivity index (χ1) is 11.7. The van der Waals surface area contributed by atoms with E-state index in [1.807, 2.05) is 4.90 Å². The van der Waals surface area contributed by atoms with Crippen LogP contribution in [0.2, 0.25) is 0 Å². The molecule has 6 heteroatoms. The van der Waals surface area contributed by atoms with E-state index in [0.29, 0.717) is 12.3 Å². The summed E-state index contributed by atoms with van der Waals surface area (Å²) >= 11 is 0. The van der Waals surface area contributed by atoms with Crippen LogP contribution >= 0.6 is 0 Å². The van der Waals surface area contributed by atoms with Crippen LogP contribution in [0.3, 0.4) is 0 Å². The molecular formula is C18H21FN4O. The SMILES string of the molecule is O=C(Cc1ccc(F)cc1)N1CCC(c2nnc3n2CCC3)CC1. The van der Waals surface area contributed by atoms with Gasteiger partial charge in [0.2, 0.25) is 5.91 Å². The zero-order chi connectivity index (χ0) is 16.5. The van der Waals surface area contributed by atoms with Gasteiger partial charge in [-0.25, -0.2) is 4.39 Å². The lowest BCUT2D eigenvalue weighted by Crippen LogP contribution is -2.39. The molecule has 1 saturated heterocycles. The summed E-state index contributed by atoms with van der Waals surface area (Å²) in [5.74, 6) is 2.46. The summed E-state index contributed by atoms with van der Waals surface area (Å²) in [6.07, 6.45) is 4.40. The molecule has 126 valence electrons. The average Bonchev–Trinajstić information content (AvgIpc) is 3.20. The topological polar surface area (TPSA) is 51.0 Å². The van der Waals surface area contributed by atoms with Gasteiger partial charge in [0.15, 0.2) is 0 Å². The number of hydrogen-bond donors (Lipinski definition) is 0. The van der Waals surface area contributed by atoms with Crippen molar-refractivity contribution < 1.29 is 9.18 Å². The Hall–Kier alpha value is -2.24. The molecule has 5 nitrogen and oxygen atoms in total. The Labute approximate surface area is 140 Å². The fraction of sp³-hybridized carbons (Fsp3) is 0.500. The zero-order valence-electron chi connectivity index (χ0n) is 13.6. The lowest BCUT2D eigenvalue weighted by Gasteiger charge is -2.31. The maximum absolute atomic E-state index is 12.9. The van der Waals surface area contributed by atoms with Crippen molar-refractivity contribution in [1.29, 1.82) is 0 Å². The number of amides is 1. The standard InChI is InChI=1S/C18H21FN4O/c19-15-5-3-13(4-6-15)12-17(24)22-10-7-14(8-11-22)18-21-20-16-2-1-9-23(16)18/h3-6,14H,1-2,7-12H2. The van der Waals surface area contributed by atoms with Crippen molar-refractivity contribution in [3.8, 4) is 0 Å². The maximum Gasteiger partial charge on any atom is 0.226 e. The Balaban J connectivity index is 1.35. The molecule has 0 spiro atoms. The Morgan fingerprint density at radius 1 is 1.12 bits per heavy atom. The fourth-order valence-corrected chi connectivity index (χ4v) is 3.75. The number of benzene rings is 1. The van der Waals surface area contributed by atoms with Gasteiger partial charge in [0, 0.05) is 32.0 Å². The van der Waals surface area contributed by atoms with Crippen LogP contribution in [0.25, 0.3) is 0 Å². The van der Waals surface area contributed by atoms with Crippen LogP contribution in [-0.2, 0) is 24.2 Å². The number of aromatic nitrogens is 3. The largest absolute Gasteiger partial charge is 0.342 e. The second kappa shape index (κ2) is 6.34. The van der Waals surface area contributed by atoms with Gasteiger partial charge in [-0.15, -0.1) is 10.2 Å². The molecule has 2 aliphatic heterocycles. The Kier molecular flexibility index (Phi) is 4.04. The second-order valence-corrected chi connectivity index (χ2v) is 6.69. The van der Waals surface area contributed by atoms with Crippen molar-refractivity contribution >= 4 is 5.91 Å². The van der Waals surface area contributed by atoms with Crippen LogP contribution in [0.4, 0.5) is 4.39 Å². The van der Waals surface area contributed by atoms with Crippen LogP contribution in [0.5, 0.6) is 0 Å². The minimum Gasteiger partial charge on any atom is -0.342 e. The van der Waals surface area contributed by atoms with Gasteiger partial charge >= 0.3 is 0 Å². The highest BCUT2D eigenvalue weighted by molar-refractivity contribution is 5.78. The van der Waals surface area contributed by atoms with E-state index >= 15 is 0 Å². The number of nitrogens with zero attached hydrogens (tertiary/aromatic N) is 4. The smallest absolute Gasteiger partial charge is 0.226 e. The normalized spacial score (nSPS) is 18.0. The summed E-state index contributed by atoms with van der Waals surface area (Å²) in [4.78, 5) is 14.3. The van der Waals surface area contributed by atoms with E-state index < -0.39 is 0 Å². The van der Waals surface area contributed by atoms with Crippen molar-refractivity contribution in [2.75, 3.05) is 13.1 Å². The van der Waals surface area contributed by atoms with Crippen molar-refractivity contribution in [1.82, 2.24) is 19.7 Å². The number of piperidine rings is 1. The third-order valence-corrected chi connectivity index (χ3v) is 5.12. The highest BCUT2D eigenvalue weighted by Gasteiger charge is 2.29. The van der Waals surface area contributed by atoms with E-state index in [9.17, 15) is 9.18 Å². The summed E-state index contributed by atoms with van der Waals surface area (Å²) in [6, 6.07) is 6.17. The minimum atomic E-state index is -0.271. The molecule has 0 unspecified atom stereocenters. The Morgan fingerprint density at radius 2 is 1.88 bits per heavy atom. The number of aryl methyl sites for hydroxylation is 1. The van der Waals surface area contributed by atoms with Gasteiger partial charge < -0.3 is 9.47 Å². The highest BCUT2D eigenvalue weighted by Crippen LogP contribution is 2.29. The van der Waals surface area contributed by atoms with E-state index in [-0.39, 0.29) is 11.7 Å². The first-order valence-electron chi connectivity index (χ1n) is 8.65.